The van der Waals surface area contributed by atoms with Gasteiger partial charge in [-0.1, -0.05) is 11.6 Å². The Morgan fingerprint density at radius 3 is 2.81 bits per heavy atom. The first-order valence-corrected chi connectivity index (χ1v) is 10.6. The summed E-state index contributed by atoms with van der Waals surface area (Å²) in [5.74, 6) is -1.68. The van der Waals surface area contributed by atoms with Crippen molar-refractivity contribution in [1.82, 2.24) is 14.9 Å². The summed E-state index contributed by atoms with van der Waals surface area (Å²) in [6, 6.07) is 9.26. The van der Waals surface area contributed by atoms with Crippen LogP contribution in [0.3, 0.4) is 0 Å². The van der Waals surface area contributed by atoms with Gasteiger partial charge < -0.3 is 14.7 Å². The first-order chi connectivity index (χ1) is 15.3. The molecule has 9 heteroatoms. The molecule has 0 radical (unpaired) electrons. The van der Waals surface area contributed by atoms with Crippen molar-refractivity contribution >= 4 is 34.4 Å². The molecule has 1 aliphatic heterocycles. The number of amides is 1. The number of aliphatic carboxylic acids is 1. The zero-order chi connectivity index (χ0) is 22.8. The van der Waals surface area contributed by atoms with E-state index in [0.29, 0.717) is 47.3 Å². The van der Waals surface area contributed by atoms with E-state index in [-0.39, 0.29) is 17.5 Å². The van der Waals surface area contributed by atoms with Crippen LogP contribution in [0.1, 0.15) is 19.8 Å². The van der Waals surface area contributed by atoms with Crippen LogP contribution in [0.2, 0.25) is 5.02 Å². The molecule has 166 valence electrons. The fourth-order valence-corrected chi connectivity index (χ4v) is 4.15. The van der Waals surface area contributed by atoms with E-state index in [1.54, 1.807) is 36.1 Å². The molecule has 2 aromatic carbocycles. The van der Waals surface area contributed by atoms with Crippen LogP contribution in [0.25, 0.3) is 22.2 Å². The highest BCUT2D eigenvalue weighted by Crippen LogP contribution is 2.33. The summed E-state index contributed by atoms with van der Waals surface area (Å²) in [7, 11) is 0. The summed E-state index contributed by atoms with van der Waals surface area (Å²) in [6.45, 7) is 2.35. The van der Waals surface area contributed by atoms with Crippen molar-refractivity contribution in [3.05, 3.63) is 53.6 Å². The van der Waals surface area contributed by atoms with E-state index in [1.165, 1.54) is 18.5 Å². The van der Waals surface area contributed by atoms with Gasteiger partial charge in [-0.3, -0.25) is 9.59 Å². The minimum atomic E-state index is -0.887. The van der Waals surface area contributed by atoms with Crippen LogP contribution in [0.5, 0.6) is 5.75 Å². The largest absolute Gasteiger partial charge is 0.481 e. The average Bonchev–Trinajstić information content (AvgIpc) is 2.78. The predicted molar refractivity (Wildman–Crippen MR) is 117 cm³/mol. The number of aromatic nitrogens is 2. The quantitative estimate of drug-likeness (QED) is 0.617. The van der Waals surface area contributed by atoms with Crippen LogP contribution >= 0.6 is 11.6 Å². The molecule has 0 saturated carbocycles. The van der Waals surface area contributed by atoms with Crippen LogP contribution in [-0.4, -0.2) is 51.0 Å². The molecule has 3 aromatic rings. The third-order valence-corrected chi connectivity index (χ3v) is 5.85. The first-order valence-electron chi connectivity index (χ1n) is 10.2. The normalized spacial score (nSPS) is 17.2. The fourth-order valence-electron chi connectivity index (χ4n) is 3.90. The highest BCUT2D eigenvalue weighted by atomic mass is 35.5. The molecule has 1 fully saturated rings. The molecule has 7 nitrogen and oxygen atoms in total. The van der Waals surface area contributed by atoms with Crippen molar-refractivity contribution in [2.24, 2.45) is 5.92 Å². The number of carbonyl (C=O) groups excluding carboxylic acids is 1. The van der Waals surface area contributed by atoms with Crippen molar-refractivity contribution in [2.75, 3.05) is 13.1 Å². The number of benzene rings is 2. The topological polar surface area (TPSA) is 92.6 Å². The van der Waals surface area contributed by atoms with Crippen molar-refractivity contribution in [3.63, 3.8) is 0 Å². The molecule has 1 aromatic heterocycles. The Kier molecular flexibility index (Phi) is 6.23. The molecule has 0 unspecified atom stereocenters. The second-order valence-corrected chi connectivity index (χ2v) is 8.15. The first kappa shape index (κ1) is 22.0. The number of carbonyl (C=O) groups is 2. The highest BCUT2D eigenvalue weighted by Gasteiger charge is 2.31. The number of hydrogen-bond acceptors (Lipinski definition) is 5. The van der Waals surface area contributed by atoms with Crippen LogP contribution < -0.4 is 4.74 Å². The lowest BCUT2D eigenvalue weighted by molar-refractivity contribution is -0.147. The van der Waals surface area contributed by atoms with Crippen LogP contribution in [-0.2, 0) is 9.59 Å². The number of hydrogen-bond donors (Lipinski definition) is 1. The second-order valence-electron chi connectivity index (χ2n) is 7.75. The van der Waals surface area contributed by atoms with Gasteiger partial charge in [-0.25, -0.2) is 14.4 Å². The minimum absolute atomic E-state index is 0.189. The maximum Gasteiger partial charge on any atom is 0.308 e. The third-order valence-electron chi connectivity index (χ3n) is 5.54. The molecule has 0 spiro atoms. The summed E-state index contributed by atoms with van der Waals surface area (Å²) < 4.78 is 19.3. The minimum Gasteiger partial charge on any atom is -0.481 e. The molecule has 32 heavy (non-hydrogen) atoms. The van der Waals surface area contributed by atoms with Gasteiger partial charge >= 0.3 is 5.97 Å². The molecule has 1 aliphatic rings. The smallest absolute Gasteiger partial charge is 0.308 e. The van der Waals surface area contributed by atoms with E-state index >= 15 is 0 Å². The zero-order valence-electron chi connectivity index (χ0n) is 17.3. The lowest BCUT2D eigenvalue weighted by atomic mass is 9.98. The lowest BCUT2D eigenvalue weighted by Crippen LogP contribution is -2.47. The molecule has 1 amide bonds. The van der Waals surface area contributed by atoms with Gasteiger partial charge in [-0.05, 0) is 50.1 Å². The molecule has 1 N–H and O–H groups in total. The molecule has 0 bridgehead atoms. The number of rotatable bonds is 5. The average molecular weight is 458 g/mol. The Balaban J connectivity index is 1.54. The predicted octanol–water partition coefficient (Wildman–Crippen LogP) is 4.18. The number of piperidine rings is 1. The maximum atomic E-state index is 13.4. The van der Waals surface area contributed by atoms with Gasteiger partial charge in [0.2, 0.25) is 0 Å². The van der Waals surface area contributed by atoms with E-state index in [2.05, 4.69) is 9.97 Å². The fraction of sp³-hybridized carbons (Fsp3) is 0.304. The number of likely N-dealkylation sites (tertiary alicyclic amines) is 1. The van der Waals surface area contributed by atoms with Crippen molar-refractivity contribution in [3.8, 4) is 17.0 Å². The second kappa shape index (κ2) is 9.08. The van der Waals surface area contributed by atoms with Gasteiger partial charge in [-0.2, -0.15) is 0 Å². The SMILES string of the molecule is C[C@@H](Oc1ccc2c(-c3ccc(F)cc3Cl)ncnc2c1)C(=O)N1CCC[C@H](C(=O)O)C1. The number of ether oxygens (including phenoxy) is 1. The lowest BCUT2D eigenvalue weighted by Gasteiger charge is -2.32. The van der Waals surface area contributed by atoms with E-state index in [9.17, 15) is 19.1 Å². The Morgan fingerprint density at radius 1 is 1.25 bits per heavy atom. The van der Waals surface area contributed by atoms with Gasteiger partial charge in [0.05, 0.1) is 22.2 Å². The number of fused-ring (bicyclic) bond motifs is 1. The number of nitrogens with zero attached hydrogens (tertiary/aromatic N) is 3. The summed E-state index contributed by atoms with van der Waals surface area (Å²) in [5.41, 5.74) is 1.72. The highest BCUT2D eigenvalue weighted by molar-refractivity contribution is 6.33. The van der Waals surface area contributed by atoms with E-state index in [0.717, 1.165) is 0 Å². The van der Waals surface area contributed by atoms with Gasteiger partial charge in [0.25, 0.3) is 5.91 Å². The molecular formula is C23H21ClFN3O4. The molecule has 4 rings (SSSR count). The number of carboxylic acid groups (broad SMARTS) is 1. The van der Waals surface area contributed by atoms with E-state index in [1.807, 2.05) is 0 Å². The van der Waals surface area contributed by atoms with Crippen LogP contribution in [0, 0.1) is 11.7 Å². The van der Waals surface area contributed by atoms with E-state index in [4.69, 9.17) is 16.3 Å². The third kappa shape index (κ3) is 4.50. The Morgan fingerprint density at radius 2 is 2.06 bits per heavy atom. The van der Waals surface area contributed by atoms with Crippen molar-refractivity contribution in [2.45, 2.75) is 25.9 Å². The summed E-state index contributed by atoms with van der Waals surface area (Å²) in [6.07, 6.45) is 1.82. The molecule has 2 atom stereocenters. The monoisotopic (exact) mass is 457 g/mol. The summed E-state index contributed by atoms with van der Waals surface area (Å²) in [4.78, 5) is 34.2. The molecule has 1 saturated heterocycles. The van der Waals surface area contributed by atoms with Gasteiger partial charge in [-0.15, -0.1) is 0 Å². The van der Waals surface area contributed by atoms with Crippen LogP contribution in [0.4, 0.5) is 4.39 Å². The number of halogens is 2. The van der Waals surface area contributed by atoms with Crippen LogP contribution in [0.15, 0.2) is 42.7 Å². The molecule has 0 aliphatic carbocycles. The summed E-state index contributed by atoms with van der Waals surface area (Å²) >= 11 is 6.20. The molecule has 2 heterocycles. The number of carboxylic acids is 1. The maximum absolute atomic E-state index is 13.4. The Bertz CT molecular complexity index is 1190. The Hall–Kier alpha value is -3.26. The Labute approximate surface area is 188 Å². The van der Waals surface area contributed by atoms with Gasteiger partial charge in [0.1, 0.15) is 17.9 Å². The van der Waals surface area contributed by atoms with E-state index < -0.39 is 23.8 Å². The molecular weight excluding hydrogens is 437 g/mol. The van der Waals surface area contributed by atoms with Crippen molar-refractivity contribution in [1.29, 1.82) is 0 Å². The summed E-state index contributed by atoms with van der Waals surface area (Å²) in [5, 5.41) is 10.2. The zero-order valence-corrected chi connectivity index (χ0v) is 18.1. The van der Waals surface area contributed by atoms with Gasteiger partial charge in [0.15, 0.2) is 6.10 Å². The van der Waals surface area contributed by atoms with Crippen molar-refractivity contribution < 1.29 is 23.8 Å². The van der Waals surface area contributed by atoms with Gasteiger partial charge in [0, 0.05) is 30.1 Å². The standard InChI is InChI=1S/C23H21ClFN3O4/c1-13(22(29)28-8-2-3-14(11-28)23(30)31)32-16-5-7-18-20(10-16)26-12-27-21(18)17-6-4-15(25)9-19(17)24/h4-7,9-10,12-14H,2-3,8,11H2,1H3,(H,30,31)/t13-,14+/m1/s1.